The van der Waals surface area contributed by atoms with Crippen LogP contribution in [-0.2, 0) is 27.5 Å². The van der Waals surface area contributed by atoms with E-state index in [-0.39, 0.29) is 6.54 Å². The van der Waals surface area contributed by atoms with Crippen molar-refractivity contribution in [3.05, 3.63) is 71.8 Å². The highest BCUT2D eigenvalue weighted by Crippen LogP contribution is 2.15. The molecule has 0 unspecified atom stereocenters. The minimum Gasteiger partial charge on any atom is -0.332 e. The number of carbonyl (C=O) groups is 4. The van der Waals surface area contributed by atoms with Crippen LogP contribution >= 0.6 is 0 Å². The molecule has 1 aliphatic heterocycles. The van der Waals surface area contributed by atoms with Gasteiger partial charge in [0.25, 0.3) is 0 Å². The average molecular weight is 393 g/mol. The molecule has 0 spiro atoms. The Bertz CT molecular complexity index is 857. The number of carbonyl (C=O) groups excluding carboxylic acids is 4. The summed E-state index contributed by atoms with van der Waals surface area (Å²) in [5, 5.41) is 0. The molecule has 1 heterocycles. The summed E-state index contributed by atoms with van der Waals surface area (Å²) in [5.74, 6) is -2.22. The Balaban J connectivity index is 1.78. The van der Waals surface area contributed by atoms with E-state index >= 15 is 0 Å². The van der Waals surface area contributed by atoms with E-state index in [2.05, 4.69) is 0 Å². The largest absolute Gasteiger partial charge is 0.334 e. The number of benzene rings is 2. The molecule has 0 atom stereocenters. The maximum absolute atomic E-state index is 13.0. The van der Waals surface area contributed by atoms with Crippen LogP contribution in [0.25, 0.3) is 0 Å². The number of hydrogen-bond acceptors (Lipinski definition) is 4. The Morgan fingerprint density at radius 1 is 0.793 bits per heavy atom. The number of nitrogens with zero attached hydrogens (tertiary/aromatic N) is 3. The first kappa shape index (κ1) is 20.3. The summed E-state index contributed by atoms with van der Waals surface area (Å²) in [5.41, 5.74) is 1.86. The SMILES string of the molecule is CCCN1C(=O)C(=O)N(CC(=O)N(Cc2ccccc2)Cc2ccccc2)C1=O. The molecule has 3 rings (SSSR count). The summed E-state index contributed by atoms with van der Waals surface area (Å²) >= 11 is 0. The number of rotatable bonds is 8. The highest BCUT2D eigenvalue weighted by Gasteiger charge is 2.45. The molecule has 0 radical (unpaired) electrons. The van der Waals surface area contributed by atoms with E-state index < -0.39 is 30.3 Å². The lowest BCUT2D eigenvalue weighted by Crippen LogP contribution is -2.43. The quantitative estimate of drug-likeness (QED) is 0.510. The summed E-state index contributed by atoms with van der Waals surface area (Å²) in [6.45, 7) is 2.17. The van der Waals surface area contributed by atoms with E-state index in [1.807, 2.05) is 60.7 Å². The minimum absolute atomic E-state index is 0.159. The monoisotopic (exact) mass is 393 g/mol. The Kier molecular flexibility index (Phi) is 6.39. The fourth-order valence-corrected chi connectivity index (χ4v) is 3.19. The second-order valence-electron chi connectivity index (χ2n) is 6.85. The normalized spacial score (nSPS) is 13.9. The minimum atomic E-state index is -0.948. The van der Waals surface area contributed by atoms with Gasteiger partial charge < -0.3 is 4.90 Å². The van der Waals surface area contributed by atoms with Crippen molar-refractivity contribution in [1.29, 1.82) is 0 Å². The zero-order chi connectivity index (χ0) is 20.8. The van der Waals surface area contributed by atoms with Gasteiger partial charge in [-0.15, -0.1) is 0 Å². The highest BCUT2D eigenvalue weighted by atomic mass is 16.2. The van der Waals surface area contributed by atoms with Crippen molar-refractivity contribution in [2.24, 2.45) is 0 Å². The molecule has 0 aliphatic carbocycles. The van der Waals surface area contributed by atoms with Gasteiger partial charge in [-0.05, 0) is 17.5 Å². The van der Waals surface area contributed by atoms with Gasteiger partial charge in [0.15, 0.2) is 0 Å². The number of imide groups is 2. The molecule has 5 amide bonds. The van der Waals surface area contributed by atoms with Crippen LogP contribution in [0, 0.1) is 0 Å². The van der Waals surface area contributed by atoms with Gasteiger partial charge in [-0.25, -0.2) is 9.69 Å². The van der Waals surface area contributed by atoms with Crippen LogP contribution in [0.4, 0.5) is 4.79 Å². The molecule has 0 saturated carbocycles. The molecule has 1 aliphatic rings. The first-order valence-electron chi connectivity index (χ1n) is 9.54. The topological polar surface area (TPSA) is 78.0 Å². The maximum atomic E-state index is 13.0. The molecule has 150 valence electrons. The molecule has 0 bridgehead atoms. The Labute approximate surface area is 169 Å². The summed E-state index contributed by atoms with van der Waals surface area (Å²) in [7, 11) is 0. The second kappa shape index (κ2) is 9.14. The molecule has 29 heavy (non-hydrogen) atoms. The van der Waals surface area contributed by atoms with Gasteiger partial charge in [0.1, 0.15) is 6.54 Å². The van der Waals surface area contributed by atoms with E-state index in [1.54, 1.807) is 11.8 Å². The van der Waals surface area contributed by atoms with E-state index in [0.717, 1.165) is 20.9 Å². The molecular weight excluding hydrogens is 370 g/mol. The molecule has 0 aromatic heterocycles. The van der Waals surface area contributed by atoms with Crippen molar-refractivity contribution in [2.45, 2.75) is 26.4 Å². The molecule has 7 nitrogen and oxygen atoms in total. The fourth-order valence-electron chi connectivity index (χ4n) is 3.19. The molecule has 2 aromatic rings. The zero-order valence-corrected chi connectivity index (χ0v) is 16.3. The average Bonchev–Trinajstić information content (AvgIpc) is 2.93. The van der Waals surface area contributed by atoms with Crippen molar-refractivity contribution in [2.75, 3.05) is 13.1 Å². The van der Waals surface area contributed by atoms with E-state index in [1.165, 1.54) is 0 Å². The van der Waals surface area contributed by atoms with Gasteiger partial charge in [0, 0.05) is 19.6 Å². The van der Waals surface area contributed by atoms with Crippen LogP contribution in [0.15, 0.2) is 60.7 Å². The smallest absolute Gasteiger partial charge is 0.332 e. The first-order valence-corrected chi connectivity index (χ1v) is 9.54. The lowest BCUT2D eigenvalue weighted by Gasteiger charge is -2.25. The lowest BCUT2D eigenvalue weighted by molar-refractivity contribution is -0.145. The zero-order valence-electron chi connectivity index (χ0n) is 16.3. The van der Waals surface area contributed by atoms with Crippen molar-refractivity contribution in [1.82, 2.24) is 14.7 Å². The standard InChI is InChI=1S/C22H23N3O4/c1-2-13-24-20(27)21(28)25(22(24)29)16-19(26)23(14-17-9-5-3-6-10-17)15-18-11-7-4-8-12-18/h3-12H,2,13-16H2,1H3. The molecule has 1 fully saturated rings. The summed E-state index contributed by atoms with van der Waals surface area (Å²) in [6.07, 6.45) is 0.542. The van der Waals surface area contributed by atoms with Crippen LogP contribution < -0.4 is 0 Å². The van der Waals surface area contributed by atoms with Crippen LogP contribution in [0.2, 0.25) is 0 Å². The summed E-state index contributed by atoms with van der Waals surface area (Å²) in [6, 6.07) is 18.2. The third-order valence-corrected chi connectivity index (χ3v) is 4.66. The summed E-state index contributed by atoms with van der Waals surface area (Å²) in [4.78, 5) is 52.9. The Morgan fingerprint density at radius 3 is 1.76 bits per heavy atom. The van der Waals surface area contributed by atoms with Gasteiger partial charge in [-0.3, -0.25) is 19.3 Å². The molecule has 2 aromatic carbocycles. The Hall–Kier alpha value is -3.48. The van der Waals surface area contributed by atoms with Crippen LogP contribution in [0.3, 0.4) is 0 Å². The van der Waals surface area contributed by atoms with Gasteiger partial charge in [-0.2, -0.15) is 0 Å². The molecule has 0 N–H and O–H groups in total. The van der Waals surface area contributed by atoms with E-state index in [4.69, 9.17) is 0 Å². The fraction of sp³-hybridized carbons (Fsp3) is 0.273. The second-order valence-corrected chi connectivity index (χ2v) is 6.85. The van der Waals surface area contributed by atoms with Gasteiger partial charge in [-0.1, -0.05) is 67.6 Å². The van der Waals surface area contributed by atoms with E-state index in [9.17, 15) is 19.2 Å². The highest BCUT2D eigenvalue weighted by molar-refractivity contribution is 6.45. The number of hydrogen-bond donors (Lipinski definition) is 0. The van der Waals surface area contributed by atoms with Crippen LogP contribution in [0.1, 0.15) is 24.5 Å². The number of amides is 5. The van der Waals surface area contributed by atoms with Crippen molar-refractivity contribution < 1.29 is 19.2 Å². The number of urea groups is 1. The maximum Gasteiger partial charge on any atom is 0.334 e. The molecular formula is C22H23N3O4. The van der Waals surface area contributed by atoms with Gasteiger partial charge >= 0.3 is 17.8 Å². The van der Waals surface area contributed by atoms with Crippen molar-refractivity contribution >= 4 is 23.8 Å². The molecule has 1 saturated heterocycles. The van der Waals surface area contributed by atoms with Crippen molar-refractivity contribution in [3.8, 4) is 0 Å². The van der Waals surface area contributed by atoms with Gasteiger partial charge in [0.2, 0.25) is 5.91 Å². The lowest BCUT2D eigenvalue weighted by atomic mass is 10.1. The van der Waals surface area contributed by atoms with Crippen LogP contribution in [-0.4, -0.2) is 51.5 Å². The predicted octanol–water partition coefficient (Wildman–Crippen LogP) is 2.42. The van der Waals surface area contributed by atoms with Gasteiger partial charge in [0.05, 0.1) is 0 Å². The van der Waals surface area contributed by atoms with Crippen LogP contribution in [0.5, 0.6) is 0 Å². The Morgan fingerprint density at radius 2 is 1.28 bits per heavy atom. The van der Waals surface area contributed by atoms with Crippen molar-refractivity contribution in [3.63, 3.8) is 0 Å². The third kappa shape index (κ3) is 4.68. The first-order chi connectivity index (χ1) is 14.0. The summed E-state index contributed by atoms with van der Waals surface area (Å²) < 4.78 is 0. The predicted molar refractivity (Wildman–Crippen MR) is 106 cm³/mol. The molecule has 7 heteroatoms. The third-order valence-electron chi connectivity index (χ3n) is 4.66. The van der Waals surface area contributed by atoms with E-state index in [0.29, 0.717) is 19.5 Å².